The van der Waals surface area contributed by atoms with Gasteiger partial charge in [0.15, 0.2) is 0 Å². The summed E-state index contributed by atoms with van der Waals surface area (Å²) in [6.45, 7) is 4.03. The highest BCUT2D eigenvalue weighted by molar-refractivity contribution is 6.30. The normalized spacial score (nSPS) is 22.5. The van der Waals surface area contributed by atoms with Gasteiger partial charge in [0.05, 0.1) is 24.9 Å². The smallest absolute Gasteiger partial charge is 0.306 e. The van der Waals surface area contributed by atoms with Gasteiger partial charge in [-0.3, -0.25) is 4.79 Å². The number of allylic oxidation sites excluding steroid dienone is 2. The molecule has 1 unspecified atom stereocenters. The van der Waals surface area contributed by atoms with Crippen LogP contribution in [0.5, 0.6) is 5.75 Å². The van der Waals surface area contributed by atoms with E-state index in [1.165, 1.54) is 0 Å². The van der Waals surface area contributed by atoms with Crippen molar-refractivity contribution in [1.82, 2.24) is 0 Å². The number of aliphatic hydroxyl groups excluding tert-OH is 2. The Morgan fingerprint density at radius 3 is 2.90 bits per heavy atom. The standard InChI is InChI=1S/C24H33ClO6/c1-17(2)31-24(28)11-6-4-3-5-10-21-22(27)16-30-23(21)13-12-19(26)15-29-20-9-7-8-18(25)14-20/h3,5,7-9,12-14,17,19,21-23,26-27H,4,6,10-11,15-16H2,1-2H3/t19?,21-,22-,23+/m0/s1. The second kappa shape index (κ2) is 13.5. The molecule has 172 valence electrons. The van der Waals surface area contributed by atoms with E-state index in [1.807, 2.05) is 26.0 Å². The van der Waals surface area contributed by atoms with Crippen LogP contribution in [0.1, 0.15) is 39.5 Å². The van der Waals surface area contributed by atoms with E-state index in [0.29, 0.717) is 23.6 Å². The molecule has 1 heterocycles. The molecule has 0 aliphatic carbocycles. The quantitative estimate of drug-likeness (QED) is 0.282. The van der Waals surface area contributed by atoms with Crippen LogP contribution >= 0.6 is 11.6 Å². The summed E-state index contributed by atoms with van der Waals surface area (Å²) in [5.41, 5.74) is 0. The molecule has 1 fully saturated rings. The van der Waals surface area contributed by atoms with E-state index < -0.39 is 12.2 Å². The van der Waals surface area contributed by atoms with Crippen molar-refractivity contribution in [3.05, 3.63) is 53.6 Å². The Morgan fingerprint density at radius 1 is 1.35 bits per heavy atom. The van der Waals surface area contributed by atoms with Gasteiger partial charge in [-0.15, -0.1) is 0 Å². The Hall–Kier alpha value is -1.86. The molecule has 0 bridgehead atoms. The summed E-state index contributed by atoms with van der Waals surface area (Å²) in [7, 11) is 0. The van der Waals surface area contributed by atoms with Gasteiger partial charge in [-0.05, 0) is 51.3 Å². The molecule has 2 N–H and O–H groups in total. The van der Waals surface area contributed by atoms with Crippen LogP contribution in [0.4, 0.5) is 0 Å². The van der Waals surface area contributed by atoms with Gasteiger partial charge in [0.2, 0.25) is 0 Å². The Balaban J connectivity index is 1.72. The first-order valence-corrected chi connectivity index (χ1v) is 11.1. The van der Waals surface area contributed by atoms with Gasteiger partial charge in [-0.25, -0.2) is 0 Å². The van der Waals surface area contributed by atoms with Crippen LogP contribution in [0.15, 0.2) is 48.6 Å². The predicted octanol–water partition coefficient (Wildman–Crippen LogP) is 4.08. The molecule has 0 amide bonds. The fourth-order valence-corrected chi connectivity index (χ4v) is 3.43. The minimum atomic E-state index is -0.804. The number of rotatable bonds is 12. The third-order valence-corrected chi connectivity index (χ3v) is 5.04. The largest absolute Gasteiger partial charge is 0.491 e. The van der Waals surface area contributed by atoms with E-state index in [2.05, 4.69) is 0 Å². The number of carbonyl (C=O) groups excluding carboxylic acids is 1. The van der Waals surface area contributed by atoms with Gasteiger partial charge in [-0.2, -0.15) is 0 Å². The van der Waals surface area contributed by atoms with Crippen molar-refractivity contribution in [3.8, 4) is 5.75 Å². The molecule has 0 spiro atoms. The van der Waals surface area contributed by atoms with Crippen LogP contribution in [0.25, 0.3) is 0 Å². The molecular weight excluding hydrogens is 420 g/mol. The van der Waals surface area contributed by atoms with E-state index in [4.69, 9.17) is 25.8 Å². The first-order chi connectivity index (χ1) is 14.8. The highest BCUT2D eigenvalue weighted by atomic mass is 35.5. The minimum absolute atomic E-state index is 0.0838. The van der Waals surface area contributed by atoms with Crippen LogP contribution in [-0.4, -0.2) is 53.8 Å². The van der Waals surface area contributed by atoms with Gasteiger partial charge < -0.3 is 24.4 Å². The lowest BCUT2D eigenvalue weighted by Gasteiger charge is -2.16. The Kier molecular flexibility index (Phi) is 11.1. The van der Waals surface area contributed by atoms with Gasteiger partial charge in [0.25, 0.3) is 0 Å². The number of benzene rings is 1. The first kappa shape index (κ1) is 25.4. The SMILES string of the molecule is CC(C)OC(=O)CCCC=CC[C@H]1[C@@H](O)CO[C@@H]1C=CC(O)COc1cccc(Cl)c1. The van der Waals surface area contributed by atoms with Gasteiger partial charge in [0.1, 0.15) is 18.5 Å². The molecular formula is C24H33ClO6. The zero-order valence-corrected chi connectivity index (χ0v) is 18.9. The summed E-state index contributed by atoms with van der Waals surface area (Å²) in [5, 5.41) is 20.9. The molecule has 4 atom stereocenters. The third-order valence-electron chi connectivity index (χ3n) is 4.81. The number of esters is 1. The molecule has 1 aliphatic rings. The van der Waals surface area contributed by atoms with Crippen molar-refractivity contribution in [2.24, 2.45) is 5.92 Å². The number of hydrogen-bond donors (Lipinski definition) is 2. The predicted molar refractivity (Wildman–Crippen MR) is 120 cm³/mol. The van der Waals surface area contributed by atoms with Crippen molar-refractivity contribution < 1.29 is 29.2 Å². The van der Waals surface area contributed by atoms with Crippen LogP contribution in [0.2, 0.25) is 5.02 Å². The maximum atomic E-state index is 11.5. The highest BCUT2D eigenvalue weighted by Crippen LogP contribution is 2.26. The van der Waals surface area contributed by atoms with E-state index in [1.54, 1.807) is 36.4 Å². The molecule has 0 aromatic heterocycles. The summed E-state index contributed by atoms with van der Waals surface area (Å²) in [6.07, 6.45) is 8.28. The molecule has 0 radical (unpaired) electrons. The summed E-state index contributed by atoms with van der Waals surface area (Å²) in [6, 6.07) is 6.99. The molecule has 7 heteroatoms. The highest BCUT2D eigenvalue weighted by Gasteiger charge is 2.33. The summed E-state index contributed by atoms with van der Waals surface area (Å²) in [4.78, 5) is 11.5. The Morgan fingerprint density at radius 2 is 2.16 bits per heavy atom. The van der Waals surface area contributed by atoms with E-state index >= 15 is 0 Å². The average Bonchev–Trinajstić information content (AvgIpc) is 3.06. The maximum absolute atomic E-state index is 11.5. The van der Waals surface area contributed by atoms with Gasteiger partial charge in [0, 0.05) is 17.4 Å². The van der Waals surface area contributed by atoms with Crippen molar-refractivity contribution in [3.63, 3.8) is 0 Å². The lowest BCUT2D eigenvalue weighted by Crippen LogP contribution is -2.23. The number of unbranched alkanes of at least 4 members (excludes halogenated alkanes) is 1. The fourth-order valence-electron chi connectivity index (χ4n) is 3.25. The molecule has 1 aliphatic heterocycles. The third kappa shape index (κ3) is 9.87. The molecule has 1 aromatic carbocycles. The van der Waals surface area contributed by atoms with Crippen molar-refractivity contribution in [2.45, 2.75) is 63.9 Å². The first-order valence-electron chi connectivity index (χ1n) is 10.7. The van der Waals surface area contributed by atoms with Crippen LogP contribution in [0.3, 0.4) is 0 Å². The van der Waals surface area contributed by atoms with Gasteiger partial charge >= 0.3 is 5.97 Å². The van der Waals surface area contributed by atoms with Crippen LogP contribution in [-0.2, 0) is 14.3 Å². The number of aliphatic hydroxyl groups is 2. The zero-order valence-electron chi connectivity index (χ0n) is 18.2. The molecule has 1 aromatic rings. The van der Waals surface area contributed by atoms with E-state index in [0.717, 1.165) is 12.8 Å². The Labute approximate surface area is 189 Å². The lowest BCUT2D eigenvalue weighted by molar-refractivity contribution is -0.147. The van der Waals surface area contributed by atoms with Gasteiger partial charge in [-0.1, -0.05) is 42.0 Å². The van der Waals surface area contributed by atoms with E-state index in [9.17, 15) is 15.0 Å². The summed E-state index contributed by atoms with van der Waals surface area (Å²) < 4.78 is 16.3. The molecule has 0 saturated carbocycles. The van der Waals surface area contributed by atoms with Crippen molar-refractivity contribution in [2.75, 3.05) is 13.2 Å². The van der Waals surface area contributed by atoms with Crippen LogP contribution < -0.4 is 4.74 Å². The second-order valence-electron chi connectivity index (χ2n) is 7.89. The number of halogens is 1. The Bertz CT molecular complexity index is 733. The van der Waals surface area contributed by atoms with Crippen molar-refractivity contribution in [1.29, 1.82) is 0 Å². The number of ether oxygens (including phenoxy) is 3. The lowest BCUT2D eigenvalue weighted by atomic mass is 9.94. The average molecular weight is 453 g/mol. The van der Waals surface area contributed by atoms with Crippen molar-refractivity contribution >= 4 is 17.6 Å². The summed E-state index contributed by atoms with van der Waals surface area (Å²) >= 11 is 5.92. The molecule has 31 heavy (non-hydrogen) atoms. The topological polar surface area (TPSA) is 85.2 Å². The zero-order chi connectivity index (χ0) is 22.6. The second-order valence-corrected chi connectivity index (χ2v) is 8.32. The molecule has 6 nitrogen and oxygen atoms in total. The fraction of sp³-hybridized carbons (Fsp3) is 0.542. The summed E-state index contributed by atoms with van der Waals surface area (Å²) in [5.74, 6) is 0.332. The number of carbonyl (C=O) groups is 1. The minimum Gasteiger partial charge on any atom is -0.491 e. The molecule has 1 saturated heterocycles. The molecule has 2 rings (SSSR count). The number of hydrogen-bond acceptors (Lipinski definition) is 6. The van der Waals surface area contributed by atoms with E-state index in [-0.39, 0.29) is 37.3 Å². The van der Waals surface area contributed by atoms with Crippen LogP contribution in [0, 0.1) is 5.92 Å². The monoisotopic (exact) mass is 452 g/mol. The maximum Gasteiger partial charge on any atom is 0.306 e.